The van der Waals surface area contributed by atoms with Crippen LogP contribution in [0.5, 0.6) is 5.75 Å². The highest BCUT2D eigenvalue weighted by Gasteiger charge is 2.55. The largest absolute Gasteiger partial charge is 0.497 e. The number of carbonyl (C=O) groups excluding carboxylic acids is 1. The van der Waals surface area contributed by atoms with Gasteiger partial charge >= 0.3 is 5.97 Å². The Labute approximate surface area is 92.8 Å². The highest BCUT2D eigenvalue weighted by molar-refractivity contribution is 5.83. The van der Waals surface area contributed by atoms with Gasteiger partial charge in [0.2, 0.25) is 0 Å². The third-order valence-electron chi connectivity index (χ3n) is 3.02. The molecule has 1 aliphatic rings. The van der Waals surface area contributed by atoms with Crippen molar-refractivity contribution >= 4 is 12.3 Å². The molecule has 0 heterocycles. The normalized spacial score (nSPS) is 27.2. The summed E-state index contributed by atoms with van der Waals surface area (Å²) in [5, 5.41) is 8.90. The van der Waals surface area contributed by atoms with Gasteiger partial charge in [-0.25, -0.2) is 0 Å². The maximum Gasteiger partial charge on any atom is 0.307 e. The molecule has 0 aromatic heterocycles. The van der Waals surface area contributed by atoms with Gasteiger partial charge in [0.15, 0.2) is 0 Å². The van der Waals surface area contributed by atoms with Crippen LogP contribution in [-0.4, -0.2) is 24.5 Å². The van der Waals surface area contributed by atoms with Gasteiger partial charge in [0, 0.05) is 11.8 Å². The van der Waals surface area contributed by atoms with E-state index in [-0.39, 0.29) is 11.8 Å². The number of carboxylic acids is 1. The Morgan fingerprint density at radius 1 is 1.38 bits per heavy atom. The maximum atomic E-state index is 10.9. The zero-order valence-electron chi connectivity index (χ0n) is 8.79. The van der Waals surface area contributed by atoms with Gasteiger partial charge in [0.1, 0.15) is 12.0 Å². The summed E-state index contributed by atoms with van der Waals surface area (Å²) in [7, 11) is 1.57. The SMILES string of the molecule is COc1ccc([C@H]2[C@H](C=O)[C@@H]2C(=O)O)cc1. The Hall–Kier alpha value is -1.84. The first-order valence-electron chi connectivity index (χ1n) is 5.01. The zero-order valence-corrected chi connectivity index (χ0v) is 8.79. The zero-order chi connectivity index (χ0) is 11.7. The van der Waals surface area contributed by atoms with Crippen molar-refractivity contribution < 1.29 is 19.4 Å². The summed E-state index contributed by atoms with van der Waals surface area (Å²) < 4.78 is 5.01. The molecule has 0 spiro atoms. The number of methoxy groups -OCH3 is 1. The van der Waals surface area contributed by atoms with E-state index in [0.29, 0.717) is 0 Å². The molecule has 0 unspecified atom stereocenters. The van der Waals surface area contributed by atoms with Crippen molar-refractivity contribution in [3.63, 3.8) is 0 Å². The molecule has 2 rings (SSSR count). The third-order valence-corrected chi connectivity index (χ3v) is 3.02. The van der Waals surface area contributed by atoms with E-state index in [1.54, 1.807) is 19.2 Å². The number of aliphatic carboxylic acids is 1. The Bertz CT molecular complexity index is 410. The van der Waals surface area contributed by atoms with E-state index in [9.17, 15) is 9.59 Å². The average Bonchev–Trinajstić information content (AvgIpc) is 3.03. The number of benzene rings is 1. The van der Waals surface area contributed by atoms with Gasteiger partial charge in [-0.2, -0.15) is 0 Å². The van der Waals surface area contributed by atoms with Crippen LogP contribution < -0.4 is 4.74 Å². The quantitative estimate of drug-likeness (QED) is 0.777. The molecule has 0 bridgehead atoms. The van der Waals surface area contributed by atoms with Gasteiger partial charge in [-0.1, -0.05) is 12.1 Å². The molecule has 4 heteroatoms. The highest BCUT2D eigenvalue weighted by atomic mass is 16.5. The average molecular weight is 220 g/mol. The summed E-state index contributed by atoms with van der Waals surface area (Å²) in [4.78, 5) is 21.6. The Morgan fingerprint density at radius 2 is 2.00 bits per heavy atom. The van der Waals surface area contributed by atoms with Crippen LogP contribution in [0.15, 0.2) is 24.3 Å². The fourth-order valence-electron chi connectivity index (χ4n) is 2.08. The summed E-state index contributed by atoms with van der Waals surface area (Å²) in [5.74, 6) is -1.31. The van der Waals surface area contributed by atoms with Gasteiger partial charge in [0.05, 0.1) is 13.0 Å². The molecule has 1 aromatic rings. The van der Waals surface area contributed by atoms with Gasteiger partial charge in [-0.3, -0.25) is 4.79 Å². The van der Waals surface area contributed by atoms with E-state index in [2.05, 4.69) is 0 Å². The van der Waals surface area contributed by atoms with Crippen molar-refractivity contribution in [3.8, 4) is 5.75 Å². The molecule has 0 aliphatic heterocycles. The van der Waals surface area contributed by atoms with Crippen LogP contribution in [-0.2, 0) is 9.59 Å². The number of aldehydes is 1. The molecule has 1 fully saturated rings. The second-order valence-corrected chi connectivity index (χ2v) is 3.88. The maximum absolute atomic E-state index is 10.9. The van der Waals surface area contributed by atoms with Crippen LogP contribution in [0.25, 0.3) is 0 Å². The van der Waals surface area contributed by atoms with E-state index >= 15 is 0 Å². The van der Waals surface area contributed by atoms with Gasteiger partial charge < -0.3 is 14.6 Å². The monoisotopic (exact) mass is 220 g/mol. The molecule has 3 atom stereocenters. The fourth-order valence-corrected chi connectivity index (χ4v) is 2.08. The van der Waals surface area contributed by atoms with E-state index in [4.69, 9.17) is 9.84 Å². The van der Waals surface area contributed by atoms with E-state index in [0.717, 1.165) is 17.6 Å². The summed E-state index contributed by atoms with van der Waals surface area (Å²) in [5.41, 5.74) is 0.880. The predicted octanol–water partition coefficient (Wildman–Crippen LogP) is 1.31. The number of carboxylic acid groups (broad SMARTS) is 1. The first-order valence-corrected chi connectivity index (χ1v) is 5.01. The van der Waals surface area contributed by atoms with E-state index in [1.807, 2.05) is 12.1 Å². The summed E-state index contributed by atoms with van der Waals surface area (Å²) in [6.45, 7) is 0. The molecule has 4 nitrogen and oxygen atoms in total. The lowest BCUT2D eigenvalue weighted by atomic mass is 10.1. The number of rotatable bonds is 4. The van der Waals surface area contributed by atoms with Crippen molar-refractivity contribution in [1.29, 1.82) is 0 Å². The predicted molar refractivity (Wildman–Crippen MR) is 56.4 cm³/mol. The minimum Gasteiger partial charge on any atom is -0.497 e. The lowest BCUT2D eigenvalue weighted by Gasteiger charge is -2.01. The van der Waals surface area contributed by atoms with Crippen LogP contribution >= 0.6 is 0 Å². The van der Waals surface area contributed by atoms with Crippen LogP contribution in [0.4, 0.5) is 0 Å². The topological polar surface area (TPSA) is 63.6 Å². The summed E-state index contributed by atoms with van der Waals surface area (Å²) in [6.07, 6.45) is 0.730. The van der Waals surface area contributed by atoms with E-state index < -0.39 is 11.9 Å². The number of hydrogen-bond acceptors (Lipinski definition) is 3. The number of ether oxygens (including phenoxy) is 1. The standard InChI is InChI=1S/C12H12O4/c1-16-8-4-2-7(3-5-8)10-9(6-13)11(10)12(14)15/h2-6,9-11H,1H3,(H,14,15)/t9-,10-,11-/m0/s1. The molecule has 0 amide bonds. The lowest BCUT2D eigenvalue weighted by Crippen LogP contribution is -2.00. The number of carbonyl (C=O) groups is 2. The Kier molecular flexibility index (Phi) is 2.64. The summed E-state index contributed by atoms with van der Waals surface area (Å²) in [6, 6.07) is 7.16. The fraction of sp³-hybridized carbons (Fsp3) is 0.333. The molecule has 84 valence electrons. The molecule has 0 saturated heterocycles. The van der Waals surface area contributed by atoms with Crippen LogP contribution in [0.2, 0.25) is 0 Å². The van der Waals surface area contributed by atoms with Crippen molar-refractivity contribution in [1.82, 2.24) is 0 Å². The molecular weight excluding hydrogens is 208 g/mol. The van der Waals surface area contributed by atoms with Crippen molar-refractivity contribution in [3.05, 3.63) is 29.8 Å². The number of hydrogen-bond donors (Lipinski definition) is 1. The molecular formula is C12H12O4. The third kappa shape index (κ3) is 1.66. The van der Waals surface area contributed by atoms with Crippen molar-refractivity contribution in [2.24, 2.45) is 11.8 Å². The minimum atomic E-state index is -0.905. The first kappa shape index (κ1) is 10.7. The van der Waals surface area contributed by atoms with E-state index in [1.165, 1.54) is 0 Å². The smallest absolute Gasteiger partial charge is 0.307 e. The van der Waals surface area contributed by atoms with Crippen LogP contribution in [0, 0.1) is 11.8 Å². The van der Waals surface area contributed by atoms with Crippen molar-refractivity contribution in [2.75, 3.05) is 7.11 Å². The second-order valence-electron chi connectivity index (χ2n) is 3.88. The molecule has 1 saturated carbocycles. The van der Waals surface area contributed by atoms with Gasteiger partial charge in [-0.15, -0.1) is 0 Å². The van der Waals surface area contributed by atoms with Crippen LogP contribution in [0.3, 0.4) is 0 Å². The Morgan fingerprint density at radius 3 is 2.38 bits per heavy atom. The summed E-state index contributed by atoms with van der Waals surface area (Å²) >= 11 is 0. The molecule has 0 radical (unpaired) electrons. The minimum absolute atomic E-state index is 0.180. The van der Waals surface area contributed by atoms with Crippen LogP contribution in [0.1, 0.15) is 11.5 Å². The van der Waals surface area contributed by atoms with Crippen molar-refractivity contribution in [2.45, 2.75) is 5.92 Å². The first-order chi connectivity index (χ1) is 7.69. The molecule has 1 aliphatic carbocycles. The van der Waals surface area contributed by atoms with Gasteiger partial charge in [-0.05, 0) is 17.7 Å². The molecule has 1 aromatic carbocycles. The van der Waals surface area contributed by atoms with Gasteiger partial charge in [0.25, 0.3) is 0 Å². The molecule has 1 N–H and O–H groups in total. The Balaban J connectivity index is 2.19. The molecule has 16 heavy (non-hydrogen) atoms. The highest BCUT2D eigenvalue weighted by Crippen LogP contribution is 2.52. The second kappa shape index (κ2) is 3.96. The lowest BCUT2D eigenvalue weighted by molar-refractivity contribution is -0.139.